The Hall–Kier alpha value is -4.75. The molecule has 4 heterocycles. The first kappa shape index (κ1) is 34.1. The van der Waals surface area contributed by atoms with Gasteiger partial charge in [-0.25, -0.2) is 18.7 Å². The van der Waals surface area contributed by atoms with Crippen LogP contribution in [0, 0.1) is 25.1 Å². The molecule has 1 N–H and O–H groups in total. The lowest BCUT2D eigenvalue weighted by atomic mass is 10.0. The van der Waals surface area contributed by atoms with Gasteiger partial charge in [0.05, 0.1) is 39.6 Å². The summed E-state index contributed by atoms with van der Waals surface area (Å²) in [6, 6.07) is 7.68. The highest BCUT2D eigenvalue weighted by molar-refractivity contribution is 6.34. The van der Waals surface area contributed by atoms with Gasteiger partial charge in [0.25, 0.3) is 0 Å². The van der Waals surface area contributed by atoms with Crippen LogP contribution in [0.2, 0.25) is 5.02 Å². The van der Waals surface area contributed by atoms with E-state index in [0.29, 0.717) is 41.4 Å². The Morgan fingerprint density at radius 3 is 2.65 bits per heavy atom. The first-order chi connectivity index (χ1) is 21.5. The lowest BCUT2D eigenvalue weighted by molar-refractivity contribution is -0.128. The Morgan fingerprint density at radius 1 is 1.24 bits per heavy atom. The van der Waals surface area contributed by atoms with Crippen LogP contribution in [0.4, 0.5) is 15.9 Å². The molecule has 4 aromatic rings. The first-order valence-electron chi connectivity index (χ1n) is 14.7. The number of aryl methyl sites for hydroxylation is 1. The van der Waals surface area contributed by atoms with Gasteiger partial charge in [-0.1, -0.05) is 51.4 Å². The monoisotopic (exact) mass is 643 g/mol. The van der Waals surface area contributed by atoms with Crippen molar-refractivity contribution in [2.24, 2.45) is 0 Å². The fraction of sp³-hybridized carbons (Fsp3) is 0.343. The van der Waals surface area contributed by atoms with Gasteiger partial charge in [0.2, 0.25) is 5.91 Å². The van der Waals surface area contributed by atoms with Crippen LogP contribution in [0.3, 0.4) is 0 Å². The molecule has 240 valence electrons. The van der Waals surface area contributed by atoms with Crippen molar-refractivity contribution in [3.05, 3.63) is 81.8 Å². The number of nitrogens with one attached hydrogen (secondary N) is 1. The Bertz CT molecular complexity index is 1920. The minimum absolute atomic E-state index is 0. The number of piperazine rings is 1. The summed E-state index contributed by atoms with van der Waals surface area (Å²) < 4.78 is 17.0. The number of rotatable bonds is 7. The molecule has 0 aliphatic carbocycles. The number of pyridine rings is 2. The van der Waals surface area contributed by atoms with Crippen molar-refractivity contribution in [2.45, 2.75) is 60.0 Å². The molecule has 0 bridgehead atoms. The molecular weight excluding hydrogens is 605 g/mol. The van der Waals surface area contributed by atoms with Crippen LogP contribution in [-0.2, 0) is 4.79 Å². The van der Waals surface area contributed by atoms with Crippen LogP contribution in [0.5, 0.6) is 0 Å². The maximum atomic E-state index is 15.5. The highest BCUT2D eigenvalue weighted by Gasteiger charge is 2.34. The quantitative estimate of drug-likeness (QED) is 0.185. The fourth-order valence-corrected chi connectivity index (χ4v) is 6.14. The summed E-state index contributed by atoms with van der Waals surface area (Å²) in [5.74, 6) is 2.13. The highest BCUT2D eigenvalue weighted by atomic mass is 35.5. The molecule has 2 atom stereocenters. The highest BCUT2D eigenvalue weighted by Crippen LogP contribution is 2.39. The summed E-state index contributed by atoms with van der Waals surface area (Å²) in [6.45, 7) is 14.4. The van der Waals surface area contributed by atoms with Gasteiger partial charge in [-0.05, 0) is 62.6 Å². The number of terminal acetylenes is 1. The number of amides is 1. The SMILES string of the molecule is C.C#CCNc1cccc(F)c1-c1nc2c(cc1Cl)c(N1C[C@@H](C)N(C(=O)C=C)C[C@@H]1C)nc(=O)n2-c1c(C)ccnc1C(C)C. The lowest BCUT2D eigenvalue weighted by Crippen LogP contribution is -2.58. The molecule has 9 nitrogen and oxygen atoms in total. The average molecular weight is 644 g/mol. The summed E-state index contributed by atoms with van der Waals surface area (Å²) in [6.07, 6.45) is 8.48. The van der Waals surface area contributed by atoms with E-state index in [1.165, 1.54) is 16.7 Å². The van der Waals surface area contributed by atoms with E-state index in [4.69, 9.17) is 23.0 Å². The molecule has 3 aromatic heterocycles. The van der Waals surface area contributed by atoms with Crippen LogP contribution in [0.25, 0.3) is 28.0 Å². The largest absolute Gasteiger partial charge is 0.374 e. The second kappa shape index (κ2) is 13.7. The molecule has 0 radical (unpaired) electrons. The number of benzene rings is 1. The fourth-order valence-electron chi connectivity index (χ4n) is 5.89. The molecule has 5 rings (SSSR count). The van der Waals surface area contributed by atoms with Crippen molar-refractivity contribution >= 4 is 40.0 Å². The summed E-state index contributed by atoms with van der Waals surface area (Å²) in [5, 5.41) is 3.71. The van der Waals surface area contributed by atoms with Gasteiger partial charge in [-0.2, -0.15) is 4.98 Å². The summed E-state index contributed by atoms with van der Waals surface area (Å²) in [5.41, 5.74) is 2.40. The average Bonchev–Trinajstić information content (AvgIpc) is 3.00. The number of carbonyl (C=O) groups is 1. The molecule has 1 amide bonds. The standard InChI is InChI=1S/C34H35ClFN7O2.CH4/c1-8-14-37-26-12-10-11-25(36)28(26)30-24(35)16-23-32(42-18-21(6)41(17-22(42)7)27(44)9-2)40-34(45)43(33(23)39-30)31-20(5)13-15-38-29(31)19(3)4;/h1,9-13,15-16,19,21-22,37H,2,14,17-18H2,3-7H3;1H4/t21-,22+;/m1./s1. The van der Waals surface area contributed by atoms with E-state index in [1.807, 2.05) is 45.6 Å². The topological polar surface area (TPSA) is 96.3 Å². The van der Waals surface area contributed by atoms with Gasteiger partial charge >= 0.3 is 5.69 Å². The zero-order valence-electron chi connectivity index (χ0n) is 25.9. The predicted octanol–water partition coefficient (Wildman–Crippen LogP) is 6.36. The number of hydrogen-bond donors (Lipinski definition) is 1. The minimum atomic E-state index is -0.570. The molecule has 11 heteroatoms. The minimum Gasteiger partial charge on any atom is -0.374 e. The molecule has 1 aromatic carbocycles. The van der Waals surface area contributed by atoms with Crippen LogP contribution >= 0.6 is 11.6 Å². The van der Waals surface area contributed by atoms with E-state index in [1.54, 1.807) is 29.3 Å². The van der Waals surface area contributed by atoms with Crippen LogP contribution in [0.15, 0.2) is 54.0 Å². The van der Waals surface area contributed by atoms with Crippen molar-refractivity contribution in [1.29, 1.82) is 0 Å². The van der Waals surface area contributed by atoms with Gasteiger partial charge < -0.3 is 15.1 Å². The Morgan fingerprint density at radius 2 is 1.98 bits per heavy atom. The van der Waals surface area contributed by atoms with E-state index in [0.717, 1.165) is 5.56 Å². The zero-order valence-corrected chi connectivity index (χ0v) is 26.7. The van der Waals surface area contributed by atoms with Crippen molar-refractivity contribution < 1.29 is 9.18 Å². The van der Waals surface area contributed by atoms with Gasteiger partial charge in [0.15, 0.2) is 5.65 Å². The third kappa shape index (κ3) is 6.07. The molecular formula is C35H39ClFN7O2. The van der Waals surface area contributed by atoms with E-state index in [2.05, 4.69) is 27.8 Å². The third-order valence-corrected chi connectivity index (χ3v) is 8.36. The normalized spacial score (nSPS) is 16.2. The van der Waals surface area contributed by atoms with E-state index in [9.17, 15) is 9.59 Å². The van der Waals surface area contributed by atoms with E-state index < -0.39 is 11.5 Å². The maximum absolute atomic E-state index is 15.5. The number of anilines is 2. The van der Waals surface area contributed by atoms with Crippen LogP contribution < -0.4 is 15.9 Å². The van der Waals surface area contributed by atoms with Crippen molar-refractivity contribution in [3.8, 4) is 29.3 Å². The predicted molar refractivity (Wildman–Crippen MR) is 184 cm³/mol. The molecule has 1 saturated heterocycles. The van der Waals surface area contributed by atoms with Gasteiger partial charge in [-0.3, -0.25) is 9.78 Å². The van der Waals surface area contributed by atoms with Crippen LogP contribution in [0.1, 0.15) is 52.3 Å². The van der Waals surface area contributed by atoms with Crippen molar-refractivity contribution in [2.75, 3.05) is 29.9 Å². The smallest absolute Gasteiger partial charge is 0.355 e. The van der Waals surface area contributed by atoms with Crippen molar-refractivity contribution in [3.63, 3.8) is 0 Å². The molecule has 46 heavy (non-hydrogen) atoms. The molecule has 0 saturated carbocycles. The molecule has 1 aliphatic rings. The van der Waals surface area contributed by atoms with E-state index >= 15 is 4.39 Å². The third-order valence-electron chi connectivity index (χ3n) is 8.07. The Kier molecular flexibility index (Phi) is 10.2. The van der Waals surface area contributed by atoms with Crippen molar-refractivity contribution in [1.82, 2.24) is 24.4 Å². The number of nitrogens with zero attached hydrogens (tertiary/aromatic N) is 6. The molecule has 1 fully saturated rings. The number of carbonyl (C=O) groups excluding carboxylic acids is 1. The molecule has 0 unspecified atom stereocenters. The molecule has 0 spiro atoms. The summed E-state index contributed by atoms with van der Waals surface area (Å²) in [4.78, 5) is 44.6. The Labute approximate surface area is 274 Å². The number of hydrogen-bond acceptors (Lipinski definition) is 7. The summed E-state index contributed by atoms with van der Waals surface area (Å²) >= 11 is 6.92. The maximum Gasteiger partial charge on any atom is 0.355 e. The van der Waals surface area contributed by atoms with Gasteiger partial charge in [-0.15, -0.1) is 6.42 Å². The Balaban J connectivity index is 0.00000480. The number of halogens is 2. The molecule has 1 aliphatic heterocycles. The van der Waals surface area contributed by atoms with Gasteiger partial charge in [0.1, 0.15) is 11.6 Å². The number of fused-ring (bicyclic) bond motifs is 1. The summed E-state index contributed by atoms with van der Waals surface area (Å²) in [7, 11) is 0. The second-order valence-corrected chi connectivity index (χ2v) is 11.9. The van der Waals surface area contributed by atoms with E-state index in [-0.39, 0.29) is 59.8 Å². The van der Waals surface area contributed by atoms with Gasteiger partial charge in [0, 0.05) is 37.1 Å². The van der Waals surface area contributed by atoms with Crippen LogP contribution in [-0.4, -0.2) is 62.0 Å². The first-order valence-corrected chi connectivity index (χ1v) is 15.1. The number of aromatic nitrogens is 4. The zero-order chi connectivity index (χ0) is 32.6. The second-order valence-electron chi connectivity index (χ2n) is 11.5. The lowest BCUT2D eigenvalue weighted by Gasteiger charge is -2.44.